The van der Waals surface area contributed by atoms with Crippen molar-refractivity contribution in [1.82, 2.24) is 0 Å². The molecule has 1 amide bonds. The summed E-state index contributed by atoms with van der Waals surface area (Å²) in [6, 6.07) is 5.42. The third-order valence-corrected chi connectivity index (χ3v) is 5.95. The molecule has 0 spiro atoms. The van der Waals surface area contributed by atoms with Crippen molar-refractivity contribution >= 4 is 49.2 Å². The number of fused-ring (bicyclic) bond motifs is 1. The maximum atomic E-state index is 12.3. The van der Waals surface area contributed by atoms with Gasteiger partial charge in [0.2, 0.25) is 0 Å². The van der Waals surface area contributed by atoms with E-state index < -0.39 is 11.7 Å². The van der Waals surface area contributed by atoms with Crippen LogP contribution in [0.5, 0.6) is 0 Å². The van der Waals surface area contributed by atoms with Gasteiger partial charge >= 0.3 is 0 Å². The number of halogens is 2. The Morgan fingerprint density at radius 1 is 1.24 bits per heavy atom. The van der Waals surface area contributed by atoms with Crippen molar-refractivity contribution in [2.75, 3.05) is 30.0 Å². The van der Waals surface area contributed by atoms with Crippen LogP contribution in [0.25, 0.3) is 0 Å². The van der Waals surface area contributed by atoms with Gasteiger partial charge in [-0.05, 0) is 31.0 Å². The Morgan fingerprint density at radius 2 is 1.95 bits per heavy atom. The van der Waals surface area contributed by atoms with E-state index in [1.165, 1.54) is 0 Å². The Morgan fingerprint density at radius 3 is 2.62 bits per heavy atom. The van der Waals surface area contributed by atoms with Crippen LogP contribution in [-0.4, -0.2) is 36.8 Å². The number of ketones is 1. The molecule has 0 aliphatic carbocycles. The number of alkyl halides is 1. The Balaban J connectivity index is 1.92. The molecule has 0 aromatic heterocycles. The third-order valence-electron chi connectivity index (χ3n) is 4.26. The molecule has 0 saturated carbocycles. The number of anilines is 1. The van der Waals surface area contributed by atoms with Crippen molar-refractivity contribution in [1.29, 1.82) is 0 Å². The fourth-order valence-electron chi connectivity index (χ4n) is 2.90. The number of carbonyl (C=O) groups excluding carboxylic acids is 2. The van der Waals surface area contributed by atoms with Crippen LogP contribution in [0.3, 0.4) is 0 Å². The molecule has 2 heterocycles. The SMILES string of the molecule is O=C1C(=O)N(CC2(CBr)CCOCC2)c2ccc(Br)cc21. The van der Waals surface area contributed by atoms with Gasteiger partial charge in [0.05, 0.1) is 11.3 Å². The van der Waals surface area contributed by atoms with Crippen LogP contribution in [0.4, 0.5) is 5.69 Å². The van der Waals surface area contributed by atoms with Gasteiger partial charge in [-0.15, -0.1) is 0 Å². The van der Waals surface area contributed by atoms with Gasteiger partial charge < -0.3 is 9.64 Å². The van der Waals surface area contributed by atoms with E-state index >= 15 is 0 Å². The summed E-state index contributed by atoms with van der Waals surface area (Å²) in [5.41, 5.74) is 1.19. The highest BCUT2D eigenvalue weighted by Gasteiger charge is 2.42. The minimum absolute atomic E-state index is 0.0249. The molecule has 0 radical (unpaired) electrons. The number of hydrogen-bond donors (Lipinski definition) is 0. The summed E-state index contributed by atoms with van der Waals surface area (Å²) >= 11 is 6.93. The molecule has 3 rings (SSSR count). The largest absolute Gasteiger partial charge is 0.381 e. The van der Waals surface area contributed by atoms with Crippen molar-refractivity contribution in [2.45, 2.75) is 12.8 Å². The average molecular weight is 417 g/mol. The van der Waals surface area contributed by atoms with Crippen LogP contribution in [0.2, 0.25) is 0 Å². The fourth-order valence-corrected chi connectivity index (χ4v) is 4.00. The highest BCUT2D eigenvalue weighted by atomic mass is 79.9. The van der Waals surface area contributed by atoms with E-state index in [1.807, 2.05) is 12.1 Å². The molecule has 6 heteroatoms. The summed E-state index contributed by atoms with van der Waals surface area (Å²) in [7, 11) is 0. The number of hydrogen-bond acceptors (Lipinski definition) is 3. The van der Waals surface area contributed by atoms with Crippen LogP contribution in [-0.2, 0) is 9.53 Å². The topological polar surface area (TPSA) is 46.6 Å². The minimum atomic E-state index is -0.421. The number of benzene rings is 1. The van der Waals surface area contributed by atoms with E-state index in [2.05, 4.69) is 31.9 Å². The monoisotopic (exact) mass is 415 g/mol. The molecule has 1 aromatic carbocycles. The summed E-state index contributed by atoms with van der Waals surface area (Å²) in [4.78, 5) is 26.1. The van der Waals surface area contributed by atoms with Gasteiger partial charge in [-0.2, -0.15) is 0 Å². The summed E-state index contributed by atoms with van der Waals surface area (Å²) in [6.45, 7) is 1.96. The van der Waals surface area contributed by atoms with E-state index in [1.54, 1.807) is 11.0 Å². The van der Waals surface area contributed by atoms with Crippen LogP contribution in [0, 0.1) is 5.41 Å². The number of rotatable bonds is 3. The van der Waals surface area contributed by atoms with Crippen molar-refractivity contribution in [3.05, 3.63) is 28.2 Å². The number of Topliss-reactive ketones (excluding diaryl/α,β-unsaturated/α-hetero) is 1. The first kappa shape index (κ1) is 15.2. The lowest BCUT2D eigenvalue weighted by molar-refractivity contribution is -0.114. The van der Waals surface area contributed by atoms with Crippen molar-refractivity contribution in [3.8, 4) is 0 Å². The molecule has 0 unspecified atom stereocenters. The first-order valence-electron chi connectivity index (χ1n) is 6.86. The first-order valence-corrected chi connectivity index (χ1v) is 8.77. The third kappa shape index (κ3) is 2.69. The minimum Gasteiger partial charge on any atom is -0.381 e. The number of nitrogens with zero attached hydrogens (tertiary/aromatic N) is 1. The standard InChI is InChI=1S/C15H15Br2NO3/c16-8-15(3-5-21-6-4-15)9-18-12-2-1-10(17)7-11(12)13(19)14(18)20/h1-2,7H,3-6,8-9H2. The van der Waals surface area contributed by atoms with Crippen molar-refractivity contribution in [3.63, 3.8) is 0 Å². The second-order valence-corrected chi connectivity index (χ2v) is 7.10. The molecule has 1 aromatic rings. The van der Waals surface area contributed by atoms with Crippen molar-refractivity contribution in [2.24, 2.45) is 5.41 Å². The Labute approximate surface area is 140 Å². The van der Waals surface area contributed by atoms with E-state index in [0.29, 0.717) is 25.3 Å². The lowest BCUT2D eigenvalue weighted by atomic mass is 9.82. The second-order valence-electron chi connectivity index (χ2n) is 5.63. The van der Waals surface area contributed by atoms with E-state index in [9.17, 15) is 9.59 Å². The fraction of sp³-hybridized carbons (Fsp3) is 0.467. The van der Waals surface area contributed by atoms with E-state index in [0.717, 1.165) is 28.3 Å². The maximum Gasteiger partial charge on any atom is 0.299 e. The molecule has 2 aliphatic heterocycles. The van der Waals surface area contributed by atoms with Crippen LogP contribution < -0.4 is 4.90 Å². The highest BCUT2D eigenvalue weighted by Crippen LogP contribution is 2.38. The molecule has 2 aliphatic rings. The lowest BCUT2D eigenvalue weighted by Crippen LogP contribution is -2.44. The molecule has 112 valence electrons. The summed E-state index contributed by atoms with van der Waals surface area (Å²) in [5, 5.41) is 0.799. The molecular formula is C15H15Br2NO3. The molecule has 0 bridgehead atoms. The zero-order valence-electron chi connectivity index (χ0n) is 11.4. The zero-order valence-corrected chi connectivity index (χ0v) is 14.6. The van der Waals surface area contributed by atoms with Gasteiger partial charge in [-0.1, -0.05) is 31.9 Å². The summed E-state index contributed by atoms with van der Waals surface area (Å²) < 4.78 is 6.24. The van der Waals surface area contributed by atoms with Gasteiger partial charge in [-0.25, -0.2) is 0 Å². The van der Waals surface area contributed by atoms with Crippen molar-refractivity contribution < 1.29 is 14.3 Å². The molecule has 4 nitrogen and oxygen atoms in total. The summed E-state index contributed by atoms with van der Waals surface area (Å²) in [5.74, 6) is -0.835. The van der Waals surface area contributed by atoms with E-state index in [4.69, 9.17) is 4.74 Å². The van der Waals surface area contributed by atoms with Crippen LogP contribution in [0.15, 0.2) is 22.7 Å². The van der Waals surface area contributed by atoms with Gasteiger partial charge in [0.25, 0.3) is 11.7 Å². The van der Waals surface area contributed by atoms with Crippen LogP contribution >= 0.6 is 31.9 Å². The Hall–Kier alpha value is -0.720. The first-order chi connectivity index (χ1) is 10.1. The predicted octanol–water partition coefficient (Wildman–Crippen LogP) is 3.17. The Bertz CT molecular complexity index is 597. The molecule has 1 saturated heterocycles. The van der Waals surface area contributed by atoms with Gasteiger partial charge in [-0.3, -0.25) is 9.59 Å². The van der Waals surface area contributed by atoms with Crippen LogP contribution in [0.1, 0.15) is 23.2 Å². The molecule has 1 fully saturated rings. The number of amides is 1. The molecule has 21 heavy (non-hydrogen) atoms. The predicted molar refractivity (Wildman–Crippen MR) is 87.1 cm³/mol. The molecular weight excluding hydrogens is 402 g/mol. The average Bonchev–Trinajstić information content (AvgIpc) is 2.73. The molecule has 0 N–H and O–H groups in total. The number of carbonyl (C=O) groups is 2. The van der Waals surface area contributed by atoms with E-state index in [-0.39, 0.29) is 5.41 Å². The molecule has 0 atom stereocenters. The van der Waals surface area contributed by atoms with Gasteiger partial charge in [0.15, 0.2) is 0 Å². The summed E-state index contributed by atoms with van der Waals surface area (Å²) in [6.07, 6.45) is 1.78. The second kappa shape index (κ2) is 5.82. The highest BCUT2D eigenvalue weighted by molar-refractivity contribution is 9.10. The zero-order chi connectivity index (χ0) is 15.0. The number of ether oxygens (including phenoxy) is 1. The lowest BCUT2D eigenvalue weighted by Gasteiger charge is -2.38. The maximum absolute atomic E-state index is 12.3. The van der Waals surface area contributed by atoms with Gasteiger partial charge in [0, 0.05) is 35.0 Å². The Kier molecular flexibility index (Phi) is 4.21. The van der Waals surface area contributed by atoms with Gasteiger partial charge in [0.1, 0.15) is 0 Å². The smallest absolute Gasteiger partial charge is 0.299 e. The normalized spacial score (nSPS) is 20.8. The quantitative estimate of drug-likeness (QED) is 0.561.